The predicted molar refractivity (Wildman–Crippen MR) is 173 cm³/mol. The molecule has 3 aromatic rings. The highest BCUT2D eigenvalue weighted by atomic mass is 35.5. The van der Waals surface area contributed by atoms with Gasteiger partial charge in [0.1, 0.15) is 0 Å². The predicted octanol–water partition coefficient (Wildman–Crippen LogP) is 7.53. The summed E-state index contributed by atoms with van der Waals surface area (Å²) in [5, 5.41) is 2.00. The van der Waals surface area contributed by atoms with Crippen molar-refractivity contribution in [1.29, 1.82) is 0 Å². The molecule has 1 fully saturated rings. The van der Waals surface area contributed by atoms with Gasteiger partial charge in [-0.3, -0.25) is 9.59 Å². The number of hydrogen-bond acceptors (Lipinski definition) is 5. The van der Waals surface area contributed by atoms with E-state index < -0.39 is 0 Å². The minimum Gasteiger partial charge on any atom is -0.378 e. The van der Waals surface area contributed by atoms with Crippen molar-refractivity contribution < 1.29 is 14.3 Å². The first kappa shape index (κ1) is 32.7. The Kier molecular flexibility index (Phi) is 12.0. The van der Waals surface area contributed by atoms with E-state index >= 15 is 0 Å². The van der Waals surface area contributed by atoms with E-state index in [9.17, 15) is 9.59 Å². The summed E-state index contributed by atoms with van der Waals surface area (Å²) in [5.74, 6) is -0.270. The van der Waals surface area contributed by atoms with E-state index in [0.717, 1.165) is 20.9 Å². The number of halogens is 4. The molecule has 1 aliphatic rings. The van der Waals surface area contributed by atoms with Crippen molar-refractivity contribution >= 4 is 76.1 Å². The molecule has 0 unspecified atom stereocenters. The van der Waals surface area contributed by atoms with Gasteiger partial charge in [0.25, 0.3) is 5.91 Å². The Hall–Kier alpha value is -2.23. The molecule has 3 aromatic carbocycles. The first-order valence-corrected chi connectivity index (χ1v) is 15.6. The first-order valence-electron chi connectivity index (χ1n) is 13.3. The SMILES string of the molecule is CN(C)CCN(Cc1ccc(Sc2ccc(Cl)cc2Cl)c(Cl)c1)C(=O)c1ccc(/C=C/C(=O)N2CCOCC2)cc1Cl. The van der Waals surface area contributed by atoms with Crippen LogP contribution in [0.15, 0.2) is 70.5 Å². The maximum absolute atomic E-state index is 13.7. The Morgan fingerprint density at radius 2 is 1.57 bits per heavy atom. The van der Waals surface area contributed by atoms with Gasteiger partial charge in [-0.25, -0.2) is 0 Å². The molecule has 6 nitrogen and oxygen atoms in total. The molecule has 0 bridgehead atoms. The van der Waals surface area contributed by atoms with Crippen LogP contribution in [0.5, 0.6) is 0 Å². The smallest absolute Gasteiger partial charge is 0.255 e. The molecule has 1 saturated heterocycles. The lowest BCUT2D eigenvalue weighted by atomic mass is 10.1. The maximum Gasteiger partial charge on any atom is 0.255 e. The summed E-state index contributed by atoms with van der Waals surface area (Å²) in [7, 11) is 3.92. The molecule has 222 valence electrons. The zero-order valence-electron chi connectivity index (χ0n) is 23.3. The summed E-state index contributed by atoms with van der Waals surface area (Å²) in [4.78, 5) is 33.3. The Bertz CT molecular complexity index is 1460. The van der Waals surface area contributed by atoms with Gasteiger partial charge >= 0.3 is 0 Å². The summed E-state index contributed by atoms with van der Waals surface area (Å²) in [6.45, 7) is 3.75. The van der Waals surface area contributed by atoms with Crippen LogP contribution in [0.4, 0.5) is 0 Å². The lowest BCUT2D eigenvalue weighted by Gasteiger charge is -2.25. The lowest BCUT2D eigenvalue weighted by molar-refractivity contribution is -0.129. The highest BCUT2D eigenvalue weighted by Crippen LogP contribution is 2.38. The molecule has 0 radical (unpaired) electrons. The quantitative estimate of drug-likeness (QED) is 0.210. The Morgan fingerprint density at radius 1 is 0.881 bits per heavy atom. The molecule has 0 atom stereocenters. The standard InChI is InChI=1S/C31H31Cl4N3O3S/c1-36(2)11-12-38(20-22-4-8-28(26(34)18-22)42-29-9-6-23(32)19-27(29)35)31(40)24-7-3-21(17-25(24)33)5-10-30(39)37-13-15-41-16-14-37/h3-10,17-19H,11-16,20H2,1-2H3/b10-5+. The number of rotatable bonds is 10. The third-order valence-corrected chi connectivity index (χ3v) is 9.10. The van der Waals surface area contributed by atoms with Gasteiger partial charge in [-0.15, -0.1) is 0 Å². The second kappa shape index (κ2) is 15.5. The van der Waals surface area contributed by atoms with Gasteiger partial charge < -0.3 is 19.4 Å². The average molecular weight is 667 g/mol. The largest absolute Gasteiger partial charge is 0.378 e. The van der Waals surface area contributed by atoms with E-state index in [2.05, 4.69) is 0 Å². The fraction of sp³-hybridized carbons (Fsp3) is 0.290. The van der Waals surface area contributed by atoms with Crippen molar-refractivity contribution in [2.75, 3.05) is 53.5 Å². The van der Waals surface area contributed by atoms with E-state index in [0.29, 0.717) is 71.6 Å². The second-order valence-corrected chi connectivity index (χ2v) is 12.7. The summed E-state index contributed by atoms with van der Waals surface area (Å²) in [5.41, 5.74) is 2.01. The number of nitrogens with zero attached hydrogens (tertiary/aromatic N) is 3. The third kappa shape index (κ3) is 9.13. The topological polar surface area (TPSA) is 53.1 Å². The fourth-order valence-corrected chi connectivity index (χ4v) is 6.17. The molecular weight excluding hydrogens is 636 g/mol. The van der Waals surface area contributed by atoms with Crippen LogP contribution >= 0.6 is 58.2 Å². The van der Waals surface area contributed by atoms with Crippen molar-refractivity contribution in [1.82, 2.24) is 14.7 Å². The Balaban J connectivity index is 1.48. The van der Waals surface area contributed by atoms with Crippen molar-refractivity contribution in [2.24, 2.45) is 0 Å². The van der Waals surface area contributed by atoms with Crippen LogP contribution in [-0.4, -0.2) is 80.0 Å². The maximum atomic E-state index is 13.7. The van der Waals surface area contributed by atoms with E-state index in [4.69, 9.17) is 51.1 Å². The van der Waals surface area contributed by atoms with E-state index in [1.165, 1.54) is 17.8 Å². The van der Waals surface area contributed by atoms with E-state index in [-0.39, 0.29) is 11.8 Å². The molecule has 1 aliphatic heterocycles. The number of hydrogen-bond donors (Lipinski definition) is 0. The minimum absolute atomic E-state index is 0.0798. The molecule has 0 aromatic heterocycles. The molecule has 11 heteroatoms. The van der Waals surface area contributed by atoms with Gasteiger partial charge in [0.05, 0.1) is 33.8 Å². The normalized spacial score (nSPS) is 13.6. The number of carbonyl (C=O) groups excluding carboxylic acids is 2. The van der Waals surface area contributed by atoms with Crippen LogP contribution in [0.2, 0.25) is 20.1 Å². The molecule has 0 saturated carbocycles. The van der Waals surface area contributed by atoms with Crippen LogP contribution in [0.1, 0.15) is 21.5 Å². The number of benzene rings is 3. The van der Waals surface area contributed by atoms with Gasteiger partial charge in [-0.2, -0.15) is 0 Å². The average Bonchev–Trinajstić information content (AvgIpc) is 2.96. The Morgan fingerprint density at radius 3 is 2.21 bits per heavy atom. The zero-order chi connectivity index (χ0) is 30.2. The van der Waals surface area contributed by atoms with E-state index in [1.54, 1.807) is 46.2 Å². The molecule has 1 heterocycles. The minimum atomic E-state index is -0.190. The Labute approximate surface area is 271 Å². The summed E-state index contributed by atoms with van der Waals surface area (Å²) < 4.78 is 5.30. The summed E-state index contributed by atoms with van der Waals surface area (Å²) >= 11 is 27.1. The van der Waals surface area contributed by atoms with Crippen molar-refractivity contribution in [2.45, 2.75) is 16.3 Å². The number of carbonyl (C=O) groups is 2. The van der Waals surface area contributed by atoms with Crippen LogP contribution in [0, 0.1) is 0 Å². The fourth-order valence-electron chi connectivity index (χ4n) is 4.23. The van der Waals surface area contributed by atoms with Gasteiger partial charge in [0.2, 0.25) is 5.91 Å². The number of morpholine rings is 1. The van der Waals surface area contributed by atoms with Crippen LogP contribution in [0.25, 0.3) is 6.08 Å². The highest BCUT2D eigenvalue weighted by Gasteiger charge is 2.20. The van der Waals surface area contributed by atoms with Gasteiger partial charge in [0.15, 0.2) is 0 Å². The van der Waals surface area contributed by atoms with Crippen molar-refractivity contribution in [3.63, 3.8) is 0 Å². The lowest BCUT2D eigenvalue weighted by Crippen LogP contribution is -2.39. The zero-order valence-corrected chi connectivity index (χ0v) is 27.1. The molecule has 0 N–H and O–H groups in total. The first-order chi connectivity index (χ1) is 20.1. The van der Waals surface area contributed by atoms with Crippen LogP contribution in [0.3, 0.4) is 0 Å². The third-order valence-electron chi connectivity index (χ3n) is 6.55. The van der Waals surface area contributed by atoms with Gasteiger partial charge in [-0.1, -0.05) is 70.3 Å². The molecule has 2 amide bonds. The van der Waals surface area contributed by atoms with Gasteiger partial charge in [-0.05, 0) is 73.8 Å². The van der Waals surface area contributed by atoms with Crippen molar-refractivity contribution in [3.8, 4) is 0 Å². The van der Waals surface area contributed by atoms with Crippen molar-refractivity contribution in [3.05, 3.63) is 97.5 Å². The van der Waals surface area contributed by atoms with Crippen LogP contribution < -0.4 is 0 Å². The number of likely N-dealkylation sites (N-methyl/N-ethyl adjacent to an activating group) is 1. The van der Waals surface area contributed by atoms with Gasteiger partial charge in [0, 0.05) is 53.6 Å². The monoisotopic (exact) mass is 665 g/mol. The molecule has 42 heavy (non-hydrogen) atoms. The molecule has 0 spiro atoms. The molecule has 4 rings (SSSR count). The van der Waals surface area contributed by atoms with E-state index in [1.807, 2.05) is 43.3 Å². The summed E-state index contributed by atoms with van der Waals surface area (Å²) in [6.07, 6.45) is 3.23. The highest BCUT2D eigenvalue weighted by molar-refractivity contribution is 7.99. The molecule has 0 aliphatic carbocycles. The molecular formula is C31H31Cl4N3O3S. The van der Waals surface area contributed by atoms with Crippen LogP contribution in [-0.2, 0) is 16.1 Å². The number of ether oxygens (including phenoxy) is 1. The summed E-state index contributed by atoms with van der Waals surface area (Å²) in [6, 6.07) is 16.3. The second-order valence-electron chi connectivity index (χ2n) is 9.98. The number of amides is 2.